The van der Waals surface area contributed by atoms with E-state index >= 15 is 0 Å². The molecule has 1 aromatic heterocycles. The molecule has 2 heterocycles. The molecule has 0 saturated carbocycles. The highest BCUT2D eigenvalue weighted by atomic mass is 32.2. The van der Waals surface area contributed by atoms with E-state index in [0.717, 1.165) is 33.1 Å². The summed E-state index contributed by atoms with van der Waals surface area (Å²) < 4.78 is 6.70. The van der Waals surface area contributed by atoms with Crippen LogP contribution < -0.4 is 0 Å². The van der Waals surface area contributed by atoms with E-state index in [9.17, 15) is 14.4 Å². The van der Waals surface area contributed by atoms with Crippen LogP contribution in [0.2, 0.25) is 0 Å². The van der Waals surface area contributed by atoms with Gasteiger partial charge in [0.25, 0.3) is 11.1 Å². The third-order valence-electron chi connectivity index (χ3n) is 4.97. The molecule has 0 atom stereocenters. The molecule has 2 aromatic carbocycles. The van der Waals surface area contributed by atoms with Crippen molar-refractivity contribution in [1.29, 1.82) is 0 Å². The number of ether oxygens (including phenoxy) is 1. The lowest BCUT2D eigenvalue weighted by molar-refractivity contribution is -0.143. The monoisotopic (exact) mass is 420 g/mol. The first kappa shape index (κ1) is 20.0. The van der Waals surface area contributed by atoms with Gasteiger partial charge in [0, 0.05) is 29.2 Å². The number of carbonyl (C=O) groups excluding carboxylic acids is 3. The number of nitrogens with zero attached hydrogens (tertiary/aromatic N) is 2. The van der Waals surface area contributed by atoms with Crippen molar-refractivity contribution in [3.05, 3.63) is 76.3 Å². The minimum Gasteiger partial charge on any atom is -0.468 e. The summed E-state index contributed by atoms with van der Waals surface area (Å²) in [5.74, 6) is -1.11. The smallest absolute Gasteiger partial charge is 0.325 e. The molecule has 1 saturated heterocycles. The van der Waals surface area contributed by atoms with Gasteiger partial charge in [0.2, 0.25) is 0 Å². The van der Waals surface area contributed by atoms with Crippen LogP contribution in [0.4, 0.5) is 4.79 Å². The van der Waals surface area contributed by atoms with E-state index in [-0.39, 0.29) is 6.54 Å². The summed E-state index contributed by atoms with van der Waals surface area (Å²) in [4.78, 5) is 37.5. The van der Waals surface area contributed by atoms with Crippen molar-refractivity contribution < 1.29 is 19.1 Å². The van der Waals surface area contributed by atoms with Crippen molar-refractivity contribution in [1.82, 2.24) is 9.47 Å². The molecule has 0 N–H and O–H groups in total. The number of fused-ring (bicyclic) bond motifs is 1. The molecule has 7 heteroatoms. The Kier molecular flexibility index (Phi) is 5.46. The first-order valence-corrected chi connectivity index (χ1v) is 10.2. The van der Waals surface area contributed by atoms with Crippen LogP contribution in [0.3, 0.4) is 0 Å². The highest BCUT2D eigenvalue weighted by Crippen LogP contribution is 2.34. The highest BCUT2D eigenvalue weighted by molar-refractivity contribution is 8.18. The maximum atomic E-state index is 12.6. The quantitative estimate of drug-likeness (QED) is 0.457. The Morgan fingerprint density at radius 3 is 2.57 bits per heavy atom. The Labute approximate surface area is 178 Å². The van der Waals surface area contributed by atoms with Crippen LogP contribution in [0.15, 0.2) is 59.6 Å². The Morgan fingerprint density at radius 1 is 1.10 bits per heavy atom. The van der Waals surface area contributed by atoms with Crippen molar-refractivity contribution in [2.45, 2.75) is 13.5 Å². The number of aryl methyl sites for hydroxylation is 1. The Morgan fingerprint density at radius 2 is 1.83 bits per heavy atom. The van der Waals surface area contributed by atoms with E-state index < -0.39 is 17.1 Å². The van der Waals surface area contributed by atoms with E-state index in [1.165, 1.54) is 18.2 Å². The number of thioether (sulfide) groups is 1. The van der Waals surface area contributed by atoms with Gasteiger partial charge in [-0.3, -0.25) is 19.3 Å². The fraction of sp³-hybridized carbons (Fsp3) is 0.174. The number of imide groups is 1. The van der Waals surface area contributed by atoms with Gasteiger partial charge < -0.3 is 9.30 Å². The second-order valence-corrected chi connectivity index (χ2v) is 8.05. The molecule has 0 spiro atoms. The Hall–Kier alpha value is -3.32. The molecule has 1 aliphatic heterocycles. The molecule has 0 aliphatic carbocycles. The number of hydrogen-bond donors (Lipinski definition) is 0. The van der Waals surface area contributed by atoms with Crippen LogP contribution in [0.5, 0.6) is 0 Å². The van der Waals surface area contributed by atoms with Crippen LogP contribution >= 0.6 is 11.8 Å². The van der Waals surface area contributed by atoms with Gasteiger partial charge in [-0.05, 0) is 36.4 Å². The number of methoxy groups -OCH3 is 1. The predicted octanol–water partition coefficient (Wildman–Crippen LogP) is 4.21. The summed E-state index contributed by atoms with van der Waals surface area (Å²) in [6.07, 6.45) is 3.70. The molecule has 2 amide bonds. The Balaban J connectivity index is 1.68. The van der Waals surface area contributed by atoms with Crippen molar-refractivity contribution in [3.8, 4) is 0 Å². The van der Waals surface area contributed by atoms with Gasteiger partial charge in [-0.1, -0.05) is 48.0 Å². The number of esters is 1. The van der Waals surface area contributed by atoms with E-state index in [4.69, 9.17) is 0 Å². The lowest BCUT2D eigenvalue weighted by atomic mass is 10.1. The average Bonchev–Trinajstić information content (AvgIpc) is 3.22. The van der Waals surface area contributed by atoms with Gasteiger partial charge in [-0.15, -0.1) is 0 Å². The van der Waals surface area contributed by atoms with Crippen LogP contribution in [0.25, 0.3) is 17.0 Å². The van der Waals surface area contributed by atoms with E-state index in [2.05, 4.69) is 40.5 Å². The summed E-state index contributed by atoms with van der Waals surface area (Å²) in [6.45, 7) is 2.37. The molecule has 4 rings (SSSR count). The molecule has 30 heavy (non-hydrogen) atoms. The van der Waals surface area contributed by atoms with E-state index in [1.54, 1.807) is 6.08 Å². The van der Waals surface area contributed by atoms with Gasteiger partial charge in [0.05, 0.1) is 12.0 Å². The molecular weight excluding hydrogens is 400 g/mol. The molecule has 0 radical (unpaired) electrons. The number of amides is 2. The molecule has 152 valence electrons. The van der Waals surface area contributed by atoms with Crippen molar-refractivity contribution in [3.63, 3.8) is 0 Å². The molecule has 0 bridgehead atoms. The number of hydrogen-bond acceptors (Lipinski definition) is 5. The van der Waals surface area contributed by atoms with Crippen LogP contribution in [-0.4, -0.2) is 40.2 Å². The third-order valence-corrected chi connectivity index (χ3v) is 5.88. The number of aromatic nitrogens is 1. The normalized spacial score (nSPS) is 15.4. The van der Waals surface area contributed by atoms with E-state index in [1.807, 2.05) is 30.5 Å². The minimum absolute atomic E-state index is 0.294. The first-order valence-electron chi connectivity index (χ1n) is 9.42. The standard InChI is InChI=1S/C23H20N2O4S/c1-15-7-9-16(10-8-15)12-24-13-17(18-5-3-4-6-19(18)24)11-20-22(27)25(23(28)30-20)14-21(26)29-2/h3-11,13H,12,14H2,1-2H3. The second kappa shape index (κ2) is 8.20. The number of carbonyl (C=O) groups is 3. The molecule has 3 aromatic rings. The lowest BCUT2D eigenvalue weighted by Crippen LogP contribution is -2.34. The van der Waals surface area contributed by atoms with Crippen molar-refractivity contribution in [2.24, 2.45) is 0 Å². The first-order chi connectivity index (χ1) is 14.5. The zero-order chi connectivity index (χ0) is 21.3. The van der Waals surface area contributed by atoms with Gasteiger partial charge in [-0.25, -0.2) is 0 Å². The summed E-state index contributed by atoms with van der Waals surface area (Å²) in [5.41, 5.74) is 4.27. The van der Waals surface area contributed by atoms with Gasteiger partial charge in [-0.2, -0.15) is 0 Å². The maximum Gasteiger partial charge on any atom is 0.325 e. The van der Waals surface area contributed by atoms with Crippen LogP contribution in [0.1, 0.15) is 16.7 Å². The second-order valence-electron chi connectivity index (χ2n) is 7.06. The number of para-hydroxylation sites is 1. The summed E-state index contributed by atoms with van der Waals surface area (Å²) in [7, 11) is 1.22. The fourth-order valence-corrected chi connectivity index (χ4v) is 4.21. The van der Waals surface area contributed by atoms with Gasteiger partial charge in [0.1, 0.15) is 6.54 Å². The summed E-state index contributed by atoms with van der Waals surface area (Å²) >= 11 is 0.834. The maximum absolute atomic E-state index is 12.6. The van der Waals surface area contributed by atoms with Gasteiger partial charge >= 0.3 is 5.97 Å². The fourth-order valence-electron chi connectivity index (χ4n) is 3.38. The lowest BCUT2D eigenvalue weighted by Gasteiger charge is -2.09. The molecule has 6 nitrogen and oxygen atoms in total. The van der Waals surface area contributed by atoms with Crippen molar-refractivity contribution >= 4 is 45.9 Å². The van der Waals surface area contributed by atoms with Gasteiger partial charge in [0.15, 0.2) is 0 Å². The zero-order valence-corrected chi connectivity index (χ0v) is 17.4. The van der Waals surface area contributed by atoms with Crippen LogP contribution in [0, 0.1) is 6.92 Å². The summed E-state index contributed by atoms with van der Waals surface area (Å²) in [5, 5.41) is 0.518. The minimum atomic E-state index is -0.631. The largest absolute Gasteiger partial charge is 0.468 e. The molecule has 0 unspecified atom stereocenters. The van der Waals surface area contributed by atoms with Crippen LogP contribution in [-0.2, 0) is 20.9 Å². The highest BCUT2D eigenvalue weighted by Gasteiger charge is 2.36. The molecule has 1 aliphatic rings. The number of benzene rings is 2. The number of rotatable bonds is 5. The third kappa shape index (κ3) is 3.89. The summed E-state index contributed by atoms with van der Waals surface area (Å²) in [6, 6.07) is 16.3. The Bertz CT molecular complexity index is 1180. The van der Waals surface area contributed by atoms with E-state index in [0.29, 0.717) is 11.4 Å². The predicted molar refractivity (Wildman–Crippen MR) is 117 cm³/mol. The zero-order valence-electron chi connectivity index (χ0n) is 16.6. The average molecular weight is 420 g/mol. The molecule has 1 fully saturated rings. The topological polar surface area (TPSA) is 68.6 Å². The van der Waals surface area contributed by atoms with Crippen molar-refractivity contribution in [2.75, 3.05) is 13.7 Å². The SMILES string of the molecule is COC(=O)CN1C(=O)SC(=Cc2cn(Cc3ccc(C)cc3)c3ccccc23)C1=O. The molecular formula is C23H20N2O4S.